The molecule has 2 aliphatic heterocycles. The highest BCUT2D eigenvalue weighted by Crippen LogP contribution is 2.35. The summed E-state index contributed by atoms with van der Waals surface area (Å²) in [6, 6.07) is 7.58. The van der Waals surface area contributed by atoms with Crippen molar-refractivity contribution < 1.29 is 17.6 Å². The van der Waals surface area contributed by atoms with Crippen LogP contribution in [0.15, 0.2) is 40.6 Å². The molecule has 0 radical (unpaired) electrons. The van der Waals surface area contributed by atoms with Crippen molar-refractivity contribution in [3.05, 3.63) is 52.0 Å². The van der Waals surface area contributed by atoms with Crippen LogP contribution in [-0.4, -0.2) is 43.2 Å². The zero-order valence-electron chi connectivity index (χ0n) is 15.7. The third kappa shape index (κ3) is 3.38. The number of thiophene rings is 1. The number of carbonyl (C=O) groups is 1. The van der Waals surface area contributed by atoms with Gasteiger partial charge in [-0.3, -0.25) is 4.79 Å². The molecule has 5 nitrogen and oxygen atoms in total. The summed E-state index contributed by atoms with van der Waals surface area (Å²) >= 11 is 1.74. The van der Waals surface area contributed by atoms with E-state index in [1.54, 1.807) is 11.3 Å². The molecular weight excluding hydrogens is 399 g/mol. The molecule has 1 saturated heterocycles. The molecule has 0 bridgehead atoms. The molecule has 1 aromatic heterocycles. The zero-order chi connectivity index (χ0) is 19.9. The summed E-state index contributed by atoms with van der Waals surface area (Å²) < 4.78 is 40.7. The van der Waals surface area contributed by atoms with E-state index in [2.05, 4.69) is 18.4 Å². The SMILES string of the molecule is C[C@H]1c2ccsc2CCN1C(=O)C1CCN(S(=O)(=O)c2ccccc2F)CC1. The maximum atomic E-state index is 14.0. The molecule has 2 aromatic rings. The maximum Gasteiger partial charge on any atom is 0.245 e. The number of benzene rings is 1. The number of hydrogen-bond donors (Lipinski definition) is 0. The molecule has 2 aliphatic rings. The number of nitrogens with zero attached hydrogens (tertiary/aromatic N) is 2. The predicted molar refractivity (Wildman–Crippen MR) is 106 cm³/mol. The molecule has 1 aromatic carbocycles. The fourth-order valence-electron chi connectivity index (χ4n) is 4.18. The van der Waals surface area contributed by atoms with Crippen LogP contribution >= 0.6 is 11.3 Å². The summed E-state index contributed by atoms with van der Waals surface area (Å²) in [4.78, 5) is 16.1. The predicted octanol–water partition coefficient (Wildman–Crippen LogP) is 3.43. The molecule has 1 amide bonds. The third-order valence-corrected chi connectivity index (χ3v) is 8.75. The van der Waals surface area contributed by atoms with Crippen molar-refractivity contribution in [2.24, 2.45) is 5.92 Å². The summed E-state index contributed by atoms with van der Waals surface area (Å²) in [6.07, 6.45) is 1.81. The fourth-order valence-corrected chi connectivity index (χ4v) is 6.68. The van der Waals surface area contributed by atoms with Crippen LogP contribution in [0.4, 0.5) is 4.39 Å². The Morgan fingerprint density at radius 3 is 2.57 bits per heavy atom. The van der Waals surface area contributed by atoms with E-state index in [-0.39, 0.29) is 35.9 Å². The van der Waals surface area contributed by atoms with Crippen LogP contribution in [0.3, 0.4) is 0 Å². The summed E-state index contributed by atoms with van der Waals surface area (Å²) in [5.74, 6) is -0.823. The van der Waals surface area contributed by atoms with Crippen molar-refractivity contribution in [1.82, 2.24) is 9.21 Å². The van der Waals surface area contributed by atoms with Gasteiger partial charge in [-0.1, -0.05) is 12.1 Å². The highest BCUT2D eigenvalue weighted by Gasteiger charge is 2.37. The van der Waals surface area contributed by atoms with Gasteiger partial charge in [0, 0.05) is 30.4 Å². The Hall–Kier alpha value is -1.77. The molecule has 3 heterocycles. The first-order valence-electron chi connectivity index (χ1n) is 9.51. The van der Waals surface area contributed by atoms with E-state index in [0.717, 1.165) is 12.5 Å². The average molecular weight is 423 g/mol. The Balaban J connectivity index is 1.43. The topological polar surface area (TPSA) is 57.7 Å². The van der Waals surface area contributed by atoms with E-state index in [9.17, 15) is 17.6 Å². The molecular formula is C20H23FN2O3S2. The summed E-state index contributed by atoms with van der Waals surface area (Å²) in [6.45, 7) is 3.24. The molecule has 0 spiro atoms. The van der Waals surface area contributed by atoms with Crippen LogP contribution in [0.25, 0.3) is 0 Å². The molecule has 0 saturated carbocycles. The minimum atomic E-state index is -3.88. The van der Waals surface area contributed by atoms with E-state index in [0.29, 0.717) is 19.4 Å². The van der Waals surface area contributed by atoms with Gasteiger partial charge in [-0.05, 0) is 55.3 Å². The first-order valence-corrected chi connectivity index (χ1v) is 11.8. The van der Waals surface area contributed by atoms with E-state index >= 15 is 0 Å². The molecule has 8 heteroatoms. The Bertz CT molecular complexity index is 981. The quantitative estimate of drug-likeness (QED) is 0.761. The third-order valence-electron chi connectivity index (χ3n) is 5.82. The Morgan fingerprint density at radius 2 is 1.86 bits per heavy atom. The Morgan fingerprint density at radius 1 is 1.14 bits per heavy atom. The largest absolute Gasteiger partial charge is 0.335 e. The second-order valence-electron chi connectivity index (χ2n) is 7.37. The van der Waals surface area contributed by atoms with Gasteiger partial charge >= 0.3 is 0 Å². The number of sulfonamides is 1. The summed E-state index contributed by atoms with van der Waals surface area (Å²) in [5, 5.41) is 2.07. The van der Waals surface area contributed by atoms with E-state index in [1.807, 2.05) is 4.90 Å². The van der Waals surface area contributed by atoms with Crippen LogP contribution in [0, 0.1) is 11.7 Å². The van der Waals surface area contributed by atoms with Gasteiger partial charge in [0.05, 0.1) is 6.04 Å². The van der Waals surface area contributed by atoms with Gasteiger partial charge in [-0.2, -0.15) is 4.31 Å². The van der Waals surface area contributed by atoms with E-state index in [4.69, 9.17) is 0 Å². The molecule has 0 unspecified atom stereocenters. The normalized spacial score (nSPS) is 21.5. The van der Waals surface area contributed by atoms with Gasteiger partial charge in [0.25, 0.3) is 0 Å². The number of carbonyl (C=O) groups excluding carboxylic acids is 1. The number of hydrogen-bond acceptors (Lipinski definition) is 4. The summed E-state index contributed by atoms with van der Waals surface area (Å²) in [5.41, 5.74) is 1.23. The Kier molecular flexibility index (Phi) is 5.28. The van der Waals surface area contributed by atoms with Crippen LogP contribution in [0.1, 0.15) is 36.2 Å². The number of rotatable bonds is 3. The lowest BCUT2D eigenvalue weighted by Gasteiger charge is -2.38. The zero-order valence-corrected chi connectivity index (χ0v) is 17.3. The monoisotopic (exact) mass is 422 g/mol. The molecule has 0 aliphatic carbocycles. The van der Waals surface area contributed by atoms with Crippen molar-refractivity contribution in [3.8, 4) is 0 Å². The standard InChI is InChI=1S/C20H23FN2O3S2/c1-14-16-9-13-27-18(16)8-12-23(14)20(24)15-6-10-22(11-7-15)28(25,26)19-5-3-2-4-17(19)21/h2-5,9,13-15H,6-8,10-12H2,1H3/t14-/m0/s1. The van der Waals surface area contributed by atoms with Gasteiger partial charge in [0.2, 0.25) is 15.9 Å². The lowest BCUT2D eigenvalue weighted by atomic mass is 9.93. The summed E-state index contributed by atoms with van der Waals surface area (Å²) in [7, 11) is -3.88. The van der Waals surface area contributed by atoms with Gasteiger partial charge < -0.3 is 4.90 Å². The lowest BCUT2D eigenvalue weighted by molar-refractivity contribution is -0.139. The minimum Gasteiger partial charge on any atom is -0.335 e. The van der Waals surface area contributed by atoms with Crippen molar-refractivity contribution in [2.75, 3.05) is 19.6 Å². The van der Waals surface area contributed by atoms with Crippen LogP contribution in [-0.2, 0) is 21.2 Å². The number of halogens is 1. The molecule has 1 fully saturated rings. The van der Waals surface area contributed by atoms with Gasteiger partial charge in [-0.15, -0.1) is 11.3 Å². The second-order valence-corrected chi connectivity index (χ2v) is 10.3. The highest BCUT2D eigenvalue weighted by atomic mass is 32.2. The first kappa shape index (κ1) is 19.5. The van der Waals surface area contributed by atoms with Gasteiger partial charge in [-0.25, -0.2) is 12.8 Å². The van der Waals surface area contributed by atoms with Gasteiger partial charge in [0.15, 0.2) is 0 Å². The maximum absolute atomic E-state index is 14.0. The minimum absolute atomic E-state index is 0.0580. The molecule has 28 heavy (non-hydrogen) atoms. The number of piperidine rings is 1. The van der Waals surface area contributed by atoms with Crippen molar-refractivity contribution in [2.45, 2.75) is 37.1 Å². The van der Waals surface area contributed by atoms with Crippen LogP contribution in [0.2, 0.25) is 0 Å². The smallest absolute Gasteiger partial charge is 0.245 e. The van der Waals surface area contributed by atoms with E-state index in [1.165, 1.54) is 32.9 Å². The van der Waals surface area contributed by atoms with Crippen molar-refractivity contribution >= 4 is 27.3 Å². The average Bonchev–Trinajstić information content (AvgIpc) is 3.18. The van der Waals surface area contributed by atoms with Crippen molar-refractivity contribution in [1.29, 1.82) is 0 Å². The van der Waals surface area contributed by atoms with E-state index < -0.39 is 15.8 Å². The van der Waals surface area contributed by atoms with Crippen LogP contribution in [0.5, 0.6) is 0 Å². The molecule has 1 atom stereocenters. The lowest BCUT2D eigenvalue weighted by Crippen LogP contribution is -2.46. The molecule has 4 rings (SSSR count). The fraction of sp³-hybridized carbons (Fsp3) is 0.450. The van der Waals surface area contributed by atoms with Gasteiger partial charge in [0.1, 0.15) is 10.7 Å². The number of amides is 1. The number of fused-ring (bicyclic) bond motifs is 1. The molecule has 150 valence electrons. The Labute approximate surface area is 168 Å². The molecule has 0 N–H and O–H groups in total. The highest BCUT2D eigenvalue weighted by molar-refractivity contribution is 7.89. The second kappa shape index (κ2) is 7.57. The van der Waals surface area contributed by atoms with Crippen LogP contribution < -0.4 is 0 Å². The van der Waals surface area contributed by atoms with Crippen molar-refractivity contribution in [3.63, 3.8) is 0 Å². The first-order chi connectivity index (χ1) is 13.4.